The van der Waals surface area contributed by atoms with Gasteiger partial charge in [0.15, 0.2) is 17.5 Å². The van der Waals surface area contributed by atoms with E-state index in [-0.39, 0.29) is 16.4 Å². The summed E-state index contributed by atoms with van der Waals surface area (Å²) in [7, 11) is 0. The van der Waals surface area contributed by atoms with Gasteiger partial charge < -0.3 is 9.47 Å². The fraction of sp³-hybridized carbons (Fsp3) is 0.321. The van der Waals surface area contributed by atoms with Crippen LogP contribution in [-0.4, -0.2) is 25.5 Å². The maximum Gasteiger partial charge on any atom is 0.164 e. The second kappa shape index (κ2) is 17.5. The highest BCUT2D eigenvalue weighted by molar-refractivity contribution is 5.92. The average Bonchev–Trinajstić information content (AvgIpc) is 3.30. The number of aromatic nitrogens is 4. The second-order valence-corrected chi connectivity index (χ2v) is 16.3. The molecule has 2 heterocycles. The Kier molecular flexibility index (Phi) is 12.3. The van der Waals surface area contributed by atoms with Gasteiger partial charge in [0, 0.05) is 33.7 Å². The van der Waals surface area contributed by atoms with Gasteiger partial charge in [-0.15, -0.1) is 0 Å². The summed E-state index contributed by atoms with van der Waals surface area (Å²) in [6, 6.07) is 44.1. The molecule has 0 N–H and O–H groups in total. The standard InChI is InChI=1S/C53H58N4O2/c1-9-51(7,10-2)39-23-19-37(20-24-39)48-55-49(57-50(56-48)46-35-36-54-47-18-16-15-17-45(46)47)38-21-29-42(30-22-38)58-43-31-25-40(26-32-43)53(13-5,14-6)41-27-33-44(34-28-41)59-52(8,11-3)12-4/h15-36H,9-14H2,1-8H3. The Morgan fingerprint density at radius 2 is 0.932 bits per heavy atom. The Morgan fingerprint density at radius 3 is 1.46 bits per heavy atom. The largest absolute Gasteiger partial charge is 0.488 e. The topological polar surface area (TPSA) is 70.0 Å². The van der Waals surface area contributed by atoms with Crippen molar-refractivity contribution in [2.45, 2.75) is 110 Å². The summed E-state index contributed by atoms with van der Waals surface area (Å²) in [6.45, 7) is 17.9. The van der Waals surface area contributed by atoms with Crippen LogP contribution in [-0.2, 0) is 10.8 Å². The van der Waals surface area contributed by atoms with E-state index < -0.39 is 0 Å². The fourth-order valence-corrected chi connectivity index (χ4v) is 8.13. The highest BCUT2D eigenvalue weighted by Gasteiger charge is 2.31. The van der Waals surface area contributed by atoms with E-state index in [0.717, 1.165) is 83.4 Å². The van der Waals surface area contributed by atoms with E-state index in [4.69, 9.17) is 24.4 Å². The number of fused-ring (bicyclic) bond motifs is 1. The summed E-state index contributed by atoms with van der Waals surface area (Å²) in [5, 5.41) is 0.995. The van der Waals surface area contributed by atoms with Gasteiger partial charge in [-0.3, -0.25) is 4.98 Å². The van der Waals surface area contributed by atoms with Crippen molar-refractivity contribution in [3.05, 3.63) is 150 Å². The van der Waals surface area contributed by atoms with E-state index in [1.165, 1.54) is 16.7 Å². The molecule has 7 rings (SSSR count). The summed E-state index contributed by atoms with van der Waals surface area (Å²) in [5.74, 6) is 4.27. The van der Waals surface area contributed by atoms with Crippen molar-refractivity contribution in [2.24, 2.45) is 0 Å². The third kappa shape index (κ3) is 8.50. The van der Waals surface area contributed by atoms with Crippen molar-refractivity contribution in [1.82, 2.24) is 19.9 Å². The van der Waals surface area contributed by atoms with Crippen LogP contribution in [0.2, 0.25) is 0 Å². The lowest BCUT2D eigenvalue weighted by Crippen LogP contribution is -2.30. The molecule has 302 valence electrons. The van der Waals surface area contributed by atoms with Gasteiger partial charge in [-0.05, 0) is 128 Å². The number of para-hydroxylation sites is 1. The molecule has 0 bridgehead atoms. The molecule has 0 amide bonds. The van der Waals surface area contributed by atoms with Crippen molar-refractivity contribution in [1.29, 1.82) is 0 Å². The fourth-order valence-electron chi connectivity index (χ4n) is 8.13. The van der Waals surface area contributed by atoms with E-state index in [2.05, 4.69) is 139 Å². The Labute approximate surface area is 351 Å². The lowest BCUT2D eigenvalue weighted by atomic mass is 9.70. The molecule has 0 fully saturated rings. The molecular weight excluding hydrogens is 725 g/mol. The van der Waals surface area contributed by atoms with E-state index in [9.17, 15) is 0 Å². The molecule has 0 spiro atoms. The minimum atomic E-state index is -0.154. The second-order valence-electron chi connectivity index (χ2n) is 16.3. The van der Waals surface area contributed by atoms with Gasteiger partial charge in [-0.2, -0.15) is 0 Å². The minimum absolute atomic E-state index is 0.115. The van der Waals surface area contributed by atoms with Crippen molar-refractivity contribution in [3.63, 3.8) is 0 Å². The monoisotopic (exact) mass is 782 g/mol. The zero-order valence-electron chi connectivity index (χ0n) is 36.0. The summed E-state index contributed by atoms with van der Waals surface area (Å²) in [4.78, 5) is 19.7. The van der Waals surface area contributed by atoms with E-state index >= 15 is 0 Å². The van der Waals surface area contributed by atoms with Crippen LogP contribution in [0.15, 0.2) is 134 Å². The van der Waals surface area contributed by atoms with Crippen LogP contribution in [0, 0.1) is 0 Å². The number of hydrogen-bond acceptors (Lipinski definition) is 6. The van der Waals surface area contributed by atoms with Gasteiger partial charge in [0.05, 0.1) is 5.52 Å². The normalized spacial score (nSPS) is 12.1. The van der Waals surface area contributed by atoms with Crippen LogP contribution in [0.4, 0.5) is 0 Å². The van der Waals surface area contributed by atoms with Gasteiger partial charge in [-0.1, -0.05) is 115 Å². The van der Waals surface area contributed by atoms with E-state index in [1.807, 2.05) is 54.7 Å². The first-order chi connectivity index (χ1) is 28.6. The van der Waals surface area contributed by atoms with Crippen molar-refractivity contribution in [3.8, 4) is 51.4 Å². The van der Waals surface area contributed by atoms with Crippen molar-refractivity contribution >= 4 is 10.9 Å². The van der Waals surface area contributed by atoms with Crippen LogP contribution in [0.25, 0.3) is 45.1 Å². The molecule has 0 saturated carbocycles. The lowest BCUT2D eigenvalue weighted by molar-refractivity contribution is 0.0802. The van der Waals surface area contributed by atoms with E-state index in [1.54, 1.807) is 0 Å². The van der Waals surface area contributed by atoms with Crippen LogP contribution in [0.3, 0.4) is 0 Å². The zero-order chi connectivity index (χ0) is 41.6. The predicted octanol–water partition coefficient (Wildman–Crippen LogP) is 14.4. The first kappa shape index (κ1) is 41.3. The van der Waals surface area contributed by atoms with Crippen LogP contribution < -0.4 is 9.47 Å². The average molecular weight is 783 g/mol. The number of rotatable bonds is 16. The summed E-state index contributed by atoms with van der Waals surface area (Å²) >= 11 is 0. The quantitative estimate of drug-likeness (QED) is 0.0972. The van der Waals surface area contributed by atoms with Gasteiger partial charge >= 0.3 is 0 Å². The summed E-state index contributed by atoms with van der Waals surface area (Å²) in [6.07, 6.45) is 7.86. The Balaban J connectivity index is 1.15. The summed E-state index contributed by atoms with van der Waals surface area (Å²) in [5.41, 5.74) is 7.38. The molecule has 5 aromatic carbocycles. The van der Waals surface area contributed by atoms with Crippen LogP contribution in [0.1, 0.15) is 111 Å². The zero-order valence-corrected chi connectivity index (χ0v) is 36.0. The van der Waals surface area contributed by atoms with E-state index in [0.29, 0.717) is 17.5 Å². The first-order valence-electron chi connectivity index (χ1n) is 21.5. The maximum atomic E-state index is 6.41. The molecule has 0 aliphatic rings. The molecule has 59 heavy (non-hydrogen) atoms. The Bertz CT molecular complexity index is 2460. The third-order valence-corrected chi connectivity index (χ3v) is 13.2. The van der Waals surface area contributed by atoms with Gasteiger partial charge in [-0.25, -0.2) is 15.0 Å². The van der Waals surface area contributed by atoms with Crippen LogP contribution >= 0.6 is 0 Å². The molecule has 0 radical (unpaired) electrons. The summed E-state index contributed by atoms with van der Waals surface area (Å²) < 4.78 is 12.8. The number of ether oxygens (including phenoxy) is 2. The number of benzene rings is 5. The maximum absolute atomic E-state index is 6.41. The highest BCUT2D eigenvalue weighted by atomic mass is 16.5. The molecule has 0 unspecified atom stereocenters. The van der Waals surface area contributed by atoms with Crippen molar-refractivity contribution in [2.75, 3.05) is 0 Å². The molecule has 0 aliphatic carbocycles. The Morgan fingerprint density at radius 1 is 0.458 bits per heavy atom. The van der Waals surface area contributed by atoms with Gasteiger partial charge in [0.2, 0.25) is 0 Å². The molecule has 2 aromatic heterocycles. The van der Waals surface area contributed by atoms with Crippen LogP contribution in [0.5, 0.6) is 17.2 Å². The SMILES string of the molecule is CCC(C)(CC)Oc1ccc(C(CC)(CC)c2ccc(Oc3ccc(-c4nc(-c5ccc(C(C)(CC)CC)cc5)nc(-c5ccnc6ccccc56)n4)cc3)cc2)cc1. The molecular formula is C53H58N4O2. The lowest BCUT2D eigenvalue weighted by Gasteiger charge is -2.34. The molecule has 0 saturated heterocycles. The van der Waals surface area contributed by atoms with Gasteiger partial charge in [0.25, 0.3) is 0 Å². The van der Waals surface area contributed by atoms with Crippen molar-refractivity contribution < 1.29 is 9.47 Å². The van der Waals surface area contributed by atoms with Gasteiger partial charge in [0.1, 0.15) is 22.8 Å². The first-order valence-corrected chi connectivity index (χ1v) is 21.5. The molecule has 6 nitrogen and oxygen atoms in total. The smallest absolute Gasteiger partial charge is 0.164 e. The molecule has 7 aromatic rings. The number of nitrogens with zero attached hydrogens (tertiary/aromatic N) is 4. The molecule has 6 heteroatoms. The number of pyridine rings is 1. The Hall–Kier alpha value is -5.88. The molecule has 0 aliphatic heterocycles. The predicted molar refractivity (Wildman–Crippen MR) is 243 cm³/mol. The highest BCUT2D eigenvalue weighted by Crippen LogP contribution is 2.41. The number of hydrogen-bond donors (Lipinski definition) is 0. The molecule has 0 atom stereocenters. The minimum Gasteiger partial charge on any atom is -0.488 e. The third-order valence-electron chi connectivity index (χ3n) is 13.2.